The topological polar surface area (TPSA) is 38.9 Å². The summed E-state index contributed by atoms with van der Waals surface area (Å²) >= 11 is 0. The van der Waals surface area contributed by atoms with E-state index in [0.717, 1.165) is 18.2 Å². The van der Waals surface area contributed by atoms with Crippen molar-refractivity contribution in [1.82, 2.24) is 4.98 Å². The summed E-state index contributed by atoms with van der Waals surface area (Å²) < 4.78 is 51.3. The van der Waals surface area contributed by atoms with E-state index in [0.29, 0.717) is 5.56 Å². The van der Waals surface area contributed by atoms with Crippen LogP contribution in [-0.2, 0) is 6.18 Å². The molecule has 0 amide bonds. The average molecular weight is 270 g/mol. The third-order valence-corrected chi connectivity index (χ3v) is 2.51. The van der Waals surface area contributed by atoms with E-state index >= 15 is 0 Å². The van der Waals surface area contributed by atoms with Gasteiger partial charge in [-0.05, 0) is 42.8 Å². The lowest BCUT2D eigenvalue weighted by Crippen LogP contribution is -2.07. The monoisotopic (exact) mass is 270 g/mol. The molecule has 0 atom stereocenters. The summed E-state index contributed by atoms with van der Waals surface area (Å²) in [4.78, 5) is 3.81. The molecule has 2 rings (SSSR count). The Morgan fingerprint density at radius 3 is 2.32 bits per heavy atom. The fourth-order valence-electron chi connectivity index (χ4n) is 1.75. The second-order valence-corrected chi connectivity index (χ2v) is 4.18. The summed E-state index contributed by atoms with van der Waals surface area (Å²) in [5.74, 6) is -0.792. The molecule has 1 aromatic carbocycles. The number of pyridine rings is 1. The number of nitrogen functional groups attached to an aromatic ring is 1. The van der Waals surface area contributed by atoms with E-state index in [-0.39, 0.29) is 17.1 Å². The molecule has 0 spiro atoms. The molecule has 2 aromatic rings. The molecule has 0 aliphatic heterocycles. The first-order chi connectivity index (χ1) is 8.75. The number of nitrogens with zero attached hydrogens (tertiary/aromatic N) is 1. The van der Waals surface area contributed by atoms with E-state index in [9.17, 15) is 17.6 Å². The quantitative estimate of drug-likeness (QED) is 0.800. The molecular weight excluding hydrogens is 260 g/mol. The number of hydrogen-bond acceptors (Lipinski definition) is 2. The minimum atomic E-state index is -4.52. The molecule has 0 aliphatic rings. The summed E-state index contributed by atoms with van der Waals surface area (Å²) in [5, 5.41) is 0. The van der Waals surface area contributed by atoms with Crippen molar-refractivity contribution in [3.63, 3.8) is 0 Å². The molecule has 0 fully saturated rings. The molecule has 100 valence electrons. The minimum absolute atomic E-state index is 0.00470. The highest BCUT2D eigenvalue weighted by Crippen LogP contribution is 2.33. The van der Waals surface area contributed by atoms with Crippen molar-refractivity contribution in [2.75, 3.05) is 5.73 Å². The summed E-state index contributed by atoms with van der Waals surface area (Å²) in [5.41, 5.74) is 5.30. The summed E-state index contributed by atoms with van der Waals surface area (Å²) in [6.45, 7) is 1.64. The second kappa shape index (κ2) is 4.53. The maximum atomic E-state index is 13.3. The van der Waals surface area contributed by atoms with Crippen LogP contribution in [0.5, 0.6) is 0 Å². The third kappa shape index (κ3) is 3.01. The zero-order valence-corrected chi connectivity index (χ0v) is 9.92. The lowest BCUT2D eigenvalue weighted by molar-refractivity contribution is -0.137. The molecule has 0 saturated heterocycles. The number of rotatable bonds is 1. The number of anilines is 1. The molecule has 19 heavy (non-hydrogen) atoms. The van der Waals surface area contributed by atoms with Gasteiger partial charge in [0.15, 0.2) is 0 Å². The van der Waals surface area contributed by atoms with Crippen LogP contribution in [0.2, 0.25) is 0 Å². The Kier molecular flexibility index (Phi) is 3.18. The van der Waals surface area contributed by atoms with E-state index in [2.05, 4.69) is 4.98 Å². The number of aromatic nitrogens is 1. The van der Waals surface area contributed by atoms with Crippen molar-refractivity contribution < 1.29 is 17.6 Å². The minimum Gasteiger partial charge on any atom is -0.384 e. The molecule has 2 N–H and O–H groups in total. The largest absolute Gasteiger partial charge is 0.416 e. The van der Waals surface area contributed by atoms with Crippen LogP contribution < -0.4 is 5.73 Å². The molecule has 0 bridgehead atoms. The number of halogens is 4. The highest BCUT2D eigenvalue weighted by Gasteiger charge is 2.31. The van der Waals surface area contributed by atoms with E-state index in [1.54, 1.807) is 13.0 Å². The van der Waals surface area contributed by atoms with Gasteiger partial charge in [0.25, 0.3) is 0 Å². The molecular formula is C13H10F4N2. The van der Waals surface area contributed by atoms with Crippen molar-refractivity contribution in [3.05, 3.63) is 47.3 Å². The Hall–Kier alpha value is -2.11. The fraction of sp³-hybridized carbons (Fsp3) is 0.154. The number of alkyl halides is 3. The maximum absolute atomic E-state index is 13.3. The van der Waals surface area contributed by atoms with Gasteiger partial charge in [-0.25, -0.2) is 9.37 Å². The van der Waals surface area contributed by atoms with E-state index < -0.39 is 17.6 Å². The predicted molar refractivity (Wildman–Crippen MR) is 63.8 cm³/mol. The number of nitrogens with two attached hydrogens (primary N) is 1. The van der Waals surface area contributed by atoms with E-state index in [1.807, 2.05) is 0 Å². The zero-order valence-electron chi connectivity index (χ0n) is 9.92. The Morgan fingerprint density at radius 2 is 1.74 bits per heavy atom. The Balaban J connectivity index is 2.59. The molecule has 6 heteroatoms. The van der Waals surface area contributed by atoms with Crippen LogP contribution in [0.1, 0.15) is 11.1 Å². The van der Waals surface area contributed by atoms with Gasteiger partial charge in [0.2, 0.25) is 0 Å². The normalized spacial score (nSPS) is 11.6. The van der Waals surface area contributed by atoms with Gasteiger partial charge in [-0.15, -0.1) is 0 Å². The molecule has 1 heterocycles. The first-order valence-corrected chi connectivity index (χ1v) is 5.38. The van der Waals surface area contributed by atoms with Crippen LogP contribution in [0.3, 0.4) is 0 Å². The van der Waals surface area contributed by atoms with Gasteiger partial charge >= 0.3 is 6.18 Å². The number of aryl methyl sites for hydroxylation is 1. The molecule has 0 unspecified atom stereocenters. The summed E-state index contributed by atoms with van der Waals surface area (Å²) in [7, 11) is 0. The van der Waals surface area contributed by atoms with Crippen LogP contribution in [0, 0.1) is 12.7 Å². The van der Waals surface area contributed by atoms with Crippen molar-refractivity contribution in [2.45, 2.75) is 13.1 Å². The van der Waals surface area contributed by atoms with Crippen LogP contribution in [0.4, 0.5) is 23.4 Å². The van der Waals surface area contributed by atoms with Crippen LogP contribution in [0.15, 0.2) is 30.3 Å². The molecule has 2 nitrogen and oxygen atoms in total. The van der Waals surface area contributed by atoms with E-state index in [1.165, 1.54) is 6.07 Å². The third-order valence-electron chi connectivity index (χ3n) is 2.51. The summed E-state index contributed by atoms with van der Waals surface area (Å²) in [6, 6.07) is 5.54. The van der Waals surface area contributed by atoms with Crippen molar-refractivity contribution in [2.24, 2.45) is 0 Å². The van der Waals surface area contributed by atoms with Gasteiger partial charge in [-0.2, -0.15) is 13.2 Å². The summed E-state index contributed by atoms with van der Waals surface area (Å²) in [6.07, 6.45) is -4.52. The number of benzene rings is 1. The van der Waals surface area contributed by atoms with Crippen LogP contribution >= 0.6 is 0 Å². The smallest absolute Gasteiger partial charge is 0.384 e. The van der Waals surface area contributed by atoms with Crippen LogP contribution in [0.25, 0.3) is 11.3 Å². The maximum Gasteiger partial charge on any atom is 0.416 e. The van der Waals surface area contributed by atoms with Crippen LogP contribution in [-0.4, -0.2) is 4.98 Å². The first-order valence-electron chi connectivity index (χ1n) is 5.38. The van der Waals surface area contributed by atoms with Gasteiger partial charge < -0.3 is 5.73 Å². The number of hydrogen-bond donors (Lipinski definition) is 1. The van der Waals surface area contributed by atoms with Gasteiger partial charge in [-0.1, -0.05) is 0 Å². The van der Waals surface area contributed by atoms with Gasteiger partial charge in [0.05, 0.1) is 11.3 Å². The van der Waals surface area contributed by atoms with Crippen molar-refractivity contribution >= 4 is 5.82 Å². The highest BCUT2D eigenvalue weighted by molar-refractivity contribution is 5.63. The molecule has 1 aromatic heterocycles. The lowest BCUT2D eigenvalue weighted by Gasteiger charge is -2.10. The Bertz CT molecular complexity index is 600. The van der Waals surface area contributed by atoms with Crippen molar-refractivity contribution in [3.8, 4) is 11.3 Å². The Labute approximate surface area is 106 Å². The molecule has 0 saturated carbocycles. The highest BCUT2D eigenvalue weighted by atomic mass is 19.4. The fourth-order valence-corrected chi connectivity index (χ4v) is 1.75. The lowest BCUT2D eigenvalue weighted by atomic mass is 10.1. The molecule has 0 aliphatic carbocycles. The van der Waals surface area contributed by atoms with E-state index in [4.69, 9.17) is 5.73 Å². The molecule has 0 radical (unpaired) electrons. The average Bonchev–Trinajstić information content (AvgIpc) is 2.25. The predicted octanol–water partition coefficient (Wildman–Crippen LogP) is 3.80. The standard InChI is InChI=1S/C13H10F4N2/c1-7-2-8(4-10(14)3-7)11-5-9(13(15,16)17)6-12(18)19-11/h2-6H,1H3,(H2,18,19). The van der Waals surface area contributed by atoms with Gasteiger partial charge in [0, 0.05) is 5.56 Å². The van der Waals surface area contributed by atoms with Gasteiger partial charge in [-0.3, -0.25) is 0 Å². The second-order valence-electron chi connectivity index (χ2n) is 4.18. The Morgan fingerprint density at radius 1 is 1.05 bits per heavy atom. The zero-order chi connectivity index (χ0) is 14.2. The first kappa shape index (κ1) is 13.3. The SMILES string of the molecule is Cc1cc(F)cc(-c2cc(C(F)(F)F)cc(N)n2)c1. The van der Waals surface area contributed by atoms with Crippen molar-refractivity contribution in [1.29, 1.82) is 0 Å². The van der Waals surface area contributed by atoms with Gasteiger partial charge in [0.1, 0.15) is 11.6 Å².